The number of carbonyl (C=O) groups excluding carboxylic acids is 1. The summed E-state index contributed by atoms with van der Waals surface area (Å²) in [4.78, 5) is 21.3. The Balaban J connectivity index is 1.50. The smallest absolute Gasteiger partial charge is 0.262 e. The summed E-state index contributed by atoms with van der Waals surface area (Å²) in [5.74, 6) is 1.30. The fourth-order valence-corrected chi connectivity index (χ4v) is 3.46. The molecule has 0 unspecified atom stereocenters. The number of amides is 1. The number of aryl methyl sites for hydroxylation is 1. The van der Waals surface area contributed by atoms with Gasteiger partial charge in [0.1, 0.15) is 5.75 Å². The van der Waals surface area contributed by atoms with Crippen molar-refractivity contribution in [2.75, 3.05) is 11.9 Å². The Morgan fingerprint density at radius 1 is 1.13 bits per heavy atom. The predicted molar refractivity (Wildman–Crippen MR) is 121 cm³/mol. The highest BCUT2D eigenvalue weighted by atomic mass is 16.5. The van der Waals surface area contributed by atoms with Crippen LogP contribution in [-0.4, -0.2) is 22.5 Å². The van der Waals surface area contributed by atoms with Crippen LogP contribution in [0.4, 0.5) is 5.69 Å². The molecular weight excluding hydrogens is 390 g/mol. The summed E-state index contributed by atoms with van der Waals surface area (Å²) >= 11 is 0. The van der Waals surface area contributed by atoms with Crippen molar-refractivity contribution in [2.45, 2.75) is 33.6 Å². The number of carbonyl (C=O) groups is 1. The Labute approximate surface area is 181 Å². The average molecular weight is 415 g/mol. The summed E-state index contributed by atoms with van der Waals surface area (Å²) in [5.41, 5.74) is 5.71. The van der Waals surface area contributed by atoms with Crippen LogP contribution in [0.25, 0.3) is 22.7 Å². The molecular formula is C25H25N3O3. The lowest BCUT2D eigenvalue weighted by Gasteiger charge is -2.15. The molecule has 6 heteroatoms. The topological polar surface area (TPSA) is 77.2 Å². The van der Waals surface area contributed by atoms with Crippen LogP contribution in [0, 0.1) is 13.8 Å². The Morgan fingerprint density at radius 3 is 2.74 bits per heavy atom. The molecule has 0 bridgehead atoms. The molecule has 4 aromatic rings. The first-order valence-corrected chi connectivity index (χ1v) is 10.3. The van der Waals surface area contributed by atoms with Crippen molar-refractivity contribution >= 4 is 22.8 Å². The van der Waals surface area contributed by atoms with Gasteiger partial charge in [0.05, 0.1) is 0 Å². The number of nitrogens with zero attached hydrogens (tertiary/aromatic N) is 2. The van der Waals surface area contributed by atoms with E-state index in [0.29, 0.717) is 28.7 Å². The number of pyridine rings is 1. The molecule has 1 N–H and O–H groups in total. The number of fused-ring (bicyclic) bond motifs is 1. The van der Waals surface area contributed by atoms with Crippen LogP contribution in [-0.2, 0) is 4.79 Å². The van der Waals surface area contributed by atoms with E-state index in [2.05, 4.69) is 41.3 Å². The van der Waals surface area contributed by atoms with Crippen LogP contribution in [0.1, 0.15) is 36.5 Å². The minimum Gasteiger partial charge on any atom is -0.483 e. The van der Waals surface area contributed by atoms with Gasteiger partial charge in [-0.15, -0.1) is 0 Å². The van der Waals surface area contributed by atoms with E-state index in [4.69, 9.17) is 9.15 Å². The van der Waals surface area contributed by atoms with Gasteiger partial charge >= 0.3 is 0 Å². The first kappa shape index (κ1) is 20.6. The largest absolute Gasteiger partial charge is 0.483 e. The van der Waals surface area contributed by atoms with Gasteiger partial charge < -0.3 is 14.5 Å². The maximum Gasteiger partial charge on any atom is 0.262 e. The van der Waals surface area contributed by atoms with Gasteiger partial charge in [0, 0.05) is 17.4 Å². The fourth-order valence-electron chi connectivity index (χ4n) is 3.46. The van der Waals surface area contributed by atoms with E-state index in [9.17, 15) is 4.79 Å². The van der Waals surface area contributed by atoms with Crippen LogP contribution >= 0.6 is 0 Å². The summed E-state index contributed by atoms with van der Waals surface area (Å²) in [5, 5.41) is 2.94. The van der Waals surface area contributed by atoms with Crippen LogP contribution in [0.15, 0.2) is 59.1 Å². The number of anilines is 1. The van der Waals surface area contributed by atoms with Crippen LogP contribution in [0.3, 0.4) is 0 Å². The number of hydrogen-bond donors (Lipinski definition) is 1. The highest BCUT2D eigenvalue weighted by Gasteiger charge is 2.15. The molecule has 0 spiro atoms. The number of benzene rings is 2. The molecule has 2 aromatic carbocycles. The third-order valence-electron chi connectivity index (χ3n) is 5.15. The standard InChI is InChI=1S/C25H25N3O3/c1-15(2)18-11-10-16(3)13-22(18)30-14-23(29)27-20-8-5-7-19(17(20)4)25-28-24-21(31-25)9-6-12-26-24/h5-13,15H,14H2,1-4H3,(H,27,29). The van der Waals surface area contributed by atoms with Crippen molar-refractivity contribution in [1.29, 1.82) is 0 Å². The fraction of sp³-hybridized carbons (Fsp3) is 0.240. The molecule has 0 fully saturated rings. The molecule has 0 saturated heterocycles. The maximum atomic E-state index is 12.6. The lowest BCUT2D eigenvalue weighted by molar-refractivity contribution is -0.118. The number of oxazole rings is 1. The summed E-state index contributed by atoms with van der Waals surface area (Å²) in [6.07, 6.45) is 1.68. The van der Waals surface area contributed by atoms with Crippen molar-refractivity contribution in [1.82, 2.24) is 9.97 Å². The Bertz CT molecular complexity index is 1210. The zero-order valence-electron chi connectivity index (χ0n) is 18.1. The second-order valence-electron chi connectivity index (χ2n) is 7.86. The molecule has 2 aromatic heterocycles. The molecule has 0 saturated carbocycles. The number of ether oxygens (including phenoxy) is 1. The third kappa shape index (κ3) is 4.43. The lowest BCUT2D eigenvalue weighted by Crippen LogP contribution is -2.21. The molecule has 0 aliphatic carbocycles. The second-order valence-corrected chi connectivity index (χ2v) is 7.86. The highest BCUT2D eigenvalue weighted by Crippen LogP contribution is 2.30. The van der Waals surface area contributed by atoms with Crippen molar-refractivity contribution in [3.8, 4) is 17.2 Å². The summed E-state index contributed by atoms with van der Waals surface area (Å²) in [6.45, 7) is 8.07. The van der Waals surface area contributed by atoms with Gasteiger partial charge in [-0.2, -0.15) is 4.98 Å². The Kier molecular flexibility index (Phi) is 5.71. The molecule has 1 amide bonds. The maximum absolute atomic E-state index is 12.6. The monoisotopic (exact) mass is 415 g/mol. The van der Waals surface area contributed by atoms with E-state index in [1.807, 2.05) is 44.2 Å². The van der Waals surface area contributed by atoms with Gasteiger partial charge in [-0.1, -0.05) is 32.0 Å². The van der Waals surface area contributed by atoms with Crippen molar-refractivity contribution in [3.05, 3.63) is 71.4 Å². The van der Waals surface area contributed by atoms with E-state index >= 15 is 0 Å². The average Bonchev–Trinajstić information content (AvgIpc) is 3.17. The van der Waals surface area contributed by atoms with E-state index in [1.165, 1.54) is 0 Å². The molecule has 4 rings (SSSR count). The molecule has 158 valence electrons. The number of aromatic nitrogens is 2. The molecule has 0 radical (unpaired) electrons. The normalized spacial score (nSPS) is 11.1. The summed E-state index contributed by atoms with van der Waals surface area (Å²) < 4.78 is 11.7. The SMILES string of the molecule is Cc1ccc(C(C)C)c(OCC(=O)Nc2cccc(-c3nc4ncccc4o3)c2C)c1. The molecule has 0 aliphatic rings. The molecule has 31 heavy (non-hydrogen) atoms. The minimum atomic E-state index is -0.226. The van der Waals surface area contributed by atoms with Crippen molar-refractivity contribution in [3.63, 3.8) is 0 Å². The number of nitrogens with one attached hydrogen (secondary N) is 1. The first-order valence-electron chi connectivity index (χ1n) is 10.3. The first-order chi connectivity index (χ1) is 14.9. The Morgan fingerprint density at radius 2 is 1.97 bits per heavy atom. The molecule has 6 nitrogen and oxygen atoms in total. The van der Waals surface area contributed by atoms with Gasteiger partial charge in [0.15, 0.2) is 17.8 Å². The minimum absolute atomic E-state index is 0.0698. The summed E-state index contributed by atoms with van der Waals surface area (Å²) in [6, 6.07) is 15.3. The zero-order chi connectivity index (χ0) is 22.0. The number of hydrogen-bond acceptors (Lipinski definition) is 5. The van der Waals surface area contributed by atoms with E-state index in [0.717, 1.165) is 28.0 Å². The van der Waals surface area contributed by atoms with E-state index in [-0.39, 0.29) is 12.5 Å². The van der Waals surface area contributed by atoms with E-state index in [1.54, 1.807) is 12.3 Å². The van der Waals surface area contributed by atoms with Gasteiger partial charge in [0.25, 0.3) is 5.91 Å². The highest BCUT2D eigenvalue weighted by molar-refractivity contribution is 5.93. The third-order valence-corrected chi connectivity index (χ3v) is 5.15. The number of rotatable bonds is 6. The zero-order valence-corrected chi connectivity index (χ0v) is 18.1. The predicted octanol–water partition coefficient (Wildman–Crippen LogP) is 5.65. The van der Waals surface area contributed by atoms with Gasteiger partial charge in [-0.25, -0.2) is 4.98 Å². The van der Waals surface area contributed by atoms with Crippen molar-refractivity contribution in [2.24, 2.45) is 0 Å². The molecule has 0 atom stereocenters. The molecule has 2 heterocycles. The van der Waals surface area contributed by atoms with E-state index < -0.39 is 0 Å². The van der Waals surface area contributed by atoms with Crippen LogP contribution < -0.4 is 10.1 Å². The lowest BCUT2D eigenvalue weighted by atomic mass is 10.0. The van der Waals surface area contributed by atoms with Gasteiger partial charge in [-0.3, -0.25) is 4.79 Å². The van der Waals surface area contributed by atoms with Crippen LogP contribution in [0.5, 0.6) is 5.75 Å². The Hall–Kier alpha value is -3.67. The van der Waals surface area contributed by atoms with Crippen LogP contribution in [0.2, 0.25) is 0 Å². The quantitative estimate of drug-likeness (QED) is 0.440. The second kappa shape index (κ2) is 8.60. The van der Waals surface area contributed by atoms with Gasteiger partial charge in [0.2, 0.25) is 5.89 Å². The van der Waals surface area contributed by atoms with Gasteiger partial charge in [-0.05, 0) is 66.8 Å². The molecule has 0 aliphatic heterocycles. The van der Waals surface area contributed by atoms with Crippen molar-refractivity contribution < 1.29 is 13.9 Å². The summed E-state index contributed by atoms with van der Waals surface area (Å²) in [7, 11) is 0.